The minimum Gasteiger partial charge on any atom is -0.489 e. The minimum absolute atomic E-state index is 0.0448. The van der Waals surface area contributed by atoms with Crippen molar-refractivity contribution >= 4 is 17.9 Å². The number of hydrogen-bond donors (Lipinski definition) is 3. The summed E-state index contributed by atoms with van der Waals surface area (Å²) in [5.41, 5.74) is 4.45. The number of carbonyl (C=O) groups is 3. The van der Waals surface area contributed by atoms with Crippen LogP contribution < -0.4 is 15.4 Å². The number of hydrogen-bond acceptors (Lipinski definition) is 6. The van der Waals surface area contributed by atoms with Crippen molar-refractivity contribution in [1.29, 1.82) is 0 Å². The highest BCUT2D eigenvalue weighted by Crippen LogP contribution is 2.19. The summed E-state index contributed by atoms with van der Waals surface area (Å²) in [5.74, 6) is -0.00935. The van der Waals surface area contributed by atoms with Gasteiger partial charge in [-0.2, -0.15) is 0 Å². The van der Waals surface area contributed by atoms with Crippen molar-refractivity contribution in [2.75, 3.05) is 13.6 Å². The molecule has 0 bridgehead atoms. The minimum atomic E-state index is -1.03. The maximum Gasteiger partial charge on any atom is 0.408 e. The lowest BCUT2D eigenvalue weighted by molar-refractivity contribution is -0.140. The SMILES string of the molecule is CC(CNC(=O)[C@@H](Cc1ccc(OCc2ccccc2)cc1)N(C)C(=O)[C@H](Cc1cnc[nH]1)NC(=O)OCc1ccccc1)c1ccccc1. The number of H-pyrrole nitrogens is 1. The average molecular weight is 674 g/mol. The number of amides is 3. The van der Waals surface area contributed by atoms with Crippen molar-refractivity contribution in [3.8, 4) is 5.75 Å². The number of benzene rings is 4. The van der Waals surface area contributed by atoms with E-state index in [0.29, 0.717) is 24.6 Å². The highest BCUT2D eigenvalue weighted by Gasteiger charge is 2.33. The Balaban J connectivity index is 1.31. The van der Waals surface area contributed by atoms with Gasteiger partial charge in [-0.25, -0.2) is 9.78 Å². The molecule has 1 aromatic heterocycles. The summed E-state index contributed by atoms with van der Waals surface area (Å²) in [6.07, 6.45) is 2.71. The van der Waals surface area contributed by atoms with Gasteiger partial charge in [-0.15, -0.1) is 0 Å². The Bertz CT molecular complexity index is 1770. The predicted octanol–water partition coefficient (Wildman–Crippen LogP) is 5.82. The summed E-state index contributed by atoms with van der Waals surface area (Å²) in [4.78, 5) is 49.5. The lowest BCUT2D eigenvalue weighted by Crippen LogP contribution is -2.56. The molecule has 3 N–H and O–H groups in total. The fraction of sp³-hybridized carbons (Fsp3) is 0.250. The van der Waals surface area contributed by atoms with Gasteiger partial charge in [-0.1, -0.05) is 110 Å². The van der Waals surface area contributed by atoms with E-state index in [9.17, 15) is 14.4 Å². The summed E-state index contributed by atoms with van der Waals surface area (Å²) in [5, 5.41) is 5.79. The van der Waals surface area contributed by atoms with Gasteiger partial charge in [0, 0.05) is 38.3 Å². The Morgan fingerprint density at radius 2 is 1.40 bits per heavy atom. The molecule has 50 heavy (non-hydrogen) atoms. The van der Waals surface area contributed by atoms with Crippen LogP contribution in [0.4, 0.5) is 4.79 Å². The molecule has 0 saturated carbocycles. The third-order valence-corrected chi connectivity index (χ3v) is 8.45. The zero-order valence-corrected chi connectivity index (χ0v) is 28.3. The first-order valence-electron chi connectivity index (χ1n) is 16.6. The first kappa shape index (κ1) is 35.4. The summed E-state index contributed by atoms with van der Waals surface area (Å²) in [6.45, 7) is 2.90. The molecule has 4 aromatic carbocycles. The smallest absolute Gasteiger partial charge is 0.408 e. The van der Waals surface area contributed by atoms with Crippen LogP contribution in [-0.4, -0.2) is 58.5 Å². The maximum atomic E-state index is 14.2. The Morgan fingerprint density at radius 1 is 0.780 bits per heavy atom. The molecule has 1 heterocycles. The number of likely N-dealkylation sites (N-methyl/N-ethyl adjacent to an activating group) is 1. The van der Waals surface area contributed by atoms with E-state index in [1.165, 1.54) is 11.2 Å². The van der Waals surface area contributed by atoms with Crippen LogP contribution in [0.3, 0.4) is 0 Å². The molecule has 0 aliphatic heterocycles. The largest absolute Gasteiger partial charge is 0.489 e. The molecule has 5 aromatic rings. The highest BCUT2D eigenvalue weighted by atomic mass is 16.5. The Hall–Kier alpha value is -5.90. The van der Waals surface area contributed by atoms with Crippen molar-refractivity contribution in [1.82, 2.24) is 25.5 Å². The quantitative estimate of drug-likeness (QED) is 0.121. The topological polar surface area (TPSA) is 126 Å². The molecule has 258 valence electrons. The van der Waals surface area contributed by atoms with Gasteiger partial charge < -0.3 is 30.0 Å². The van der Waals surface area contributed by atoms with Crippen LogP contribution in [0.1, 0.15) is 40.8 Å². The van der Waals surface area contributed by atoms with Gasteiger partial charge in [0.05, 0.1) is 6.33 Å². The Morgan fingerprint density at radius 3 is 2.02 bits per heavy atom. The van der Waals surface area contributed by atoms with Crippen LogP contribution in [0.25, 0.3) is 0 Å². The summed E-state index contributed by atoms with van der Waals surface area (Å²) in [7, 11) is 1.58. The van der Waals surface area contributed by atoms with Crippen molar-refractivity contribution in [2.45, 2.75) is 51.0 Å². The number of nitrogens with zero attached hydrogens (tertiary/aromatic N) is 2. The van der Waals surface area contributed by atoms with Crippen LogP contribution in [0.2, 0.25) is 0 Å². The van der Waals surface area contributed by atoms with Gasteiger partial charge in [0.2, 0.25) is 11.8 Å². The predicted molar refractivity (Wildman–Crippen MR) is 191 cm³/mol. The molecule has 10 nitrogen and oxygen atoms in total. The lowest BCUT2D eigenvalue weighted by Gasteiger charge is -2.31. The number of nitrogens with one attached hydrogen (secondary N) is 3. The van der Waals surface area contributed by atoms with E-state index in [1.54, 1.807) is 13.2 Å². The molecule has 0 spiro atoms. The third-order valence-electron chi connectivity index (χ3n) is 8.45. The summed E-state index contributed by atoms with van der Waals surface area (Å²) >= 11 is 0. The van der Waals surface area contributed by atoms with Crippen molar-refractivity contribution in [2.24, 2.45) is 0 Å². The Labute approximate surface area is 292 Å². The monoisotopic (exact) mass is 673 g/mol. The van der Waals surface area contributed by atoms with Gasteiger partial charge in [-0.3, -0.25) is 9.59 Å². The molecule has 0 aliphatic rings. The molecule has 0 fully saturated rings. The summed E-state index contributed by atoms with van der Waals surface area (Å²) < 4.78 is 11.4. The highest BCUT2D eigenvalue weighted by molar-refractivity contribution is 5.91. The van der Waals surface area contributed by atoms with Crippen LogP contribution in [0.15, 0.2) is 128 Å². The molecule has 0 aliphatic carbocycles. The first-order valence-corrected chi connectivity index (χ1v) is 16.6. The summed E-state index contributed by atoms with van der Waals surface area (Å²) in [6, 6.07) is 34.7. The molecule has 3 amide bonds. The second-order valence-electron chi connectivity index (χ2n) is 12.2. The van der Waals surface area contributed by atoms with Crippen molar-refractivity contribution < 1.29 is 23.9 Å². The van der Waals surface area contributed by atoms with Crippen LogP contribution >= 0.6 is 0 Å². The van der Waals surface area contributed by atoms with Crippen LogP contribution in [0, 0.1) is 0 Å². The number of ether oxygens (including phenoxy) is 2. The maximum absolute atomic E-state index is 14.2. The number of alkyl carbamates (subject to hydrolysis) is 1. The second-order valence-corrected chi connectivity index (χ2v) is 12.2. The van der Waals surface area contributed by atoms with Gasteiger partial charge in [0.15, 0.2) is 0 Å². The number of aromatic nitrogens is 2. The van der Waals surface area contributed by atoms with Crippen LogP contribution in [0.5, 0.6) is 5.75 Å². The molecule has 3 atom stereocenters. The zero-order valence-electron chi connectivity index (χ0n) is 28.3. The fourth-order valence-electron chi connectivity index (χ4n) is 5.49. The third kappa shape index (κ3) is 10.6. The molecule has 0 saturated heterocycles. The van der Waals surface area contributed by atoms with Gasteiger partial charge in [0.1, 0.15) is 31.0 Å². The van der Waals surface area contributed by atoms with E-state index < -0.39 is 24.1 Å². The van der Waals surface area contributed by atoms with E-state index in [1.807, 2.05) is 122 Å². The molecule has 5 rings (SSSR count). The normalized spacial score (nSPS) is 12.6. The fourth-order valence-corrected chi connectivity index (χ4v) is 5.49. The number of carbonyl (C=O) groups excluding carboxylic acids is 3. The van der Waals surface area contributed by atoms with Gasteiger partial charge in [-0.05, 0) is 40.3 Å². The van der Waals surface area contributed by atoms with E-state index in [2.05, 4.69) is 20.6 Å². The Kier molecular flexibility index (Phi) is 12.8. The van der Waals surface area contributed by atoms with E-state index in [0.717, 1.165) is 22.3 Å². The standard InChI is InChI=1S/C40H43N5O5/c1-29(33-16-10-5-11-17-33)24-42-38(46)37(22-30-18-20-35(21-19-30)49-26-31-12-6-3-7-13-31)45(2)39(47)36(23-34-25-41-28-43-34)44-40(48)50-27-32-14-8-4-9-15-32/h3-21,25,28-29,36-37H,22-24,26-27H2,1-2H3,(H,41,43)(H,42,46)(H,44,48)/t29?,36-,37+/m0/s1. The molecule has 1 unspecified atom stereocenters. The van der Waals surface area contributed by atoms with E-state index >= 15 is 0 Å². The van der Waals surface area contributed by atoms with Crippen molar-refractivity contribution in [3.05, 3.63) is 156 Å². The second kappa shape index (κ2) is 18.0. The molecular formula is C40H43N5O5. The lowest BCUT2D eigenvalue weighted by atomic mass is 10.00. The molecule has 0 radical (unpaired) electrons. The average Bonchev–Trinajstić information content (AvgIpc) is 3.68. The van der Waals surface area contributed by atoms with Gasteiger partial charge in [0.25, 0.3) is 0 Å². The van der Waals surface area contributed by atoms with E-state index in [4.69, 9.17) is 9.47 Å². The number of rotatable bonds is 16. The number of imidazole rings is 1. The zero-order chi connectivity index (χ0) is 35.1. The molecular weight excluding hydrogens is 630 g/mol. The van der Waals surface area contributed by atoms with Crippen LogP contribution in [-0.2, 0) is 40.4 Å². The number of aromatic amines is 1. The molecule has 10 heteroatoms. The van der Waals surface area contributed by atoms with Crippen molar-refractivity contribution in [3.63, 3.8) is 0 Å². The van der Waals surface area contributed by atoms with E-state index in [-0.39, 0.29) is 31.3 Å². The first-order chi connectivity index (χ1) is 24.4. The van der Waals surface area contributed by atoms with Gasteiger partial charge >= 0.3 is 6.09 Å².